The van der Waals surface area contributed by atoms with E-state index in [1.165, 1.54) is 0 Å². The van der Waals surface area contributed by atoms with Crippen LogP contribution in [0.1, 0.15) is 26.5 Å². The highest BCUT2D eigenvalue weighted by Crippen LogP contribution is 2.23. The van der Waals surface area contributed by atoms with Gasteiger partial charge in [-0.15, -0.1) is 0 Å². The Bertz CT molecular complexity index is 868. The maximum absolute atomic E-state index is 12.2. The van der Waals surface area contributed by atoms with Gasteiger partial charge in [0.2, 0.25) is 0 Å². The summed E-state index contributed by atoms with van der Waals surface area (Å²) >= 11 is 0. The van der Waals surface area contributed by atoms with Gasteiger partial charge in [0.1, 0.15) is 5.65 Å². The van der Waals surface area contributed by atoms with Gasteiger partial charge in [-0.1, -0.05) is 6.07 Å². The first-order valence-electron chi connectivity index (χ1n) is 9.00. The van der Waals surface area contributed by atoms with Crippen LogP contribution in [-0.2, 0) is 16.3 Å². The van der Waals surface area contributed by atoms with Crippen molar-refractivity contribution in [1.29, 1.82) is 0 Å². The fraction of sp³-hybridized carbons (Fsp3) is 0.556. The predicted molar refractivity (Wildman–Crippen MR) is 104 cm³/mol. The molecule has 8 heteroatoms. The molecule has 0 aromatic carbocycles. The lowest BCUT2D eigenvalue weighted by Crippen LogP contribution is -2.57. The summed E-state index contributed by atoms with van der Waals surface area (Å²) in [4.78, 5) is 11.3. The number of hydrogen-bond donors (Lipinski definition) is 1. The molecule has 2 aromatic rings. The van der Waals surface area contributed by atoms with Gasteiger partial charge in [-0.3, -0.25) is 4.99 Å². The molecule has 0 aliphatic carbocycles. The average molecular weight is 378 g/mol. The fourth-order valence-electron chi connectivity index (χ4n) is 3.13. The van der Waals surface area contributed by atoms with E-state index in [4.69, 9.17) is 4.99 Å². The van der Waals surface area contributed by atoms with Crippen LogP contribution in [0.25, 0.3) is 5.65 Å². The third kappa shape index (κ3) is 3.85. The van der Waals surface area contributed by atoms with Crippen LogP contribution in [-0.4, -0.2) is 65.3 Å². The van der Waals surface area contributed by atoms with Gasteiger partial charge in [0, 0.05) is 45.0 Å². The summed E-state index contributed by atoms with van der Waals surface area (Å²) in [6.45, 7) is 7.88. The maximum Gasteiger partial charge on any atom is 0.194 e. The third-order valence-electron chi connectivity index (χ3n) is 4.72. The molecule has 2 aromatic heterocycles. The summed E-state index contributed by atoms with van der Waals surface area (Å²) in [6, 6.07) is 5.93. The van der Waals surface area contributed by atoms with E-state index in [0.717, 1.165) is 30.3 Å². The van der Waals surface area contributed by atoms with E-state index in [9.17, 15) is 8.42 Å². The van der Waals surface area contributed by atoms with Crippen LogP contribution in [0.2, 0.25) is 0 Å². The summed E-state index contributed by atoms with van der Waals surface area (Å²) in [6.07, 6.45) is 4.75. The van der Waals surface area contributed by atoms with Crippen molar-refractivity contribution in [3.05, 3.63) is 36.3 Å². The molecule has 0 atom stereocenters. The SMILES string of the molecule is CCNC(=NCCc1cn2ccccc2n1)N1CCS(=O)(=O)C(C)(C)C1. The molecule has 26 heavy (non-hydrogen) atoms. The van der Waals surface area contributed by atoms with E-state index in [1.54, 1.807) is 13.8 Å². The number of pyridine rings is 1. The van der Waals surface area contributed by atoms with Crippen molar-refractivity contribution in [1.82, 2.24) is 19.6 Å². The van der Waals surface area contributed by atoms with Crippen LogP contribution in [0.5, 0.6) is 0 Å². The van der Waals surface area contributed by atoms with E-state index in [0.29, 0.717) is 19.6 Å². The molecule has 0 unspecified atom stereocenters. The topological polar surface area (TPSA) is 79.1 Å². The van der Waals surface area contributed by atoms with Crippen LogP contribution in [0.4, 0.5) is 0 Å². The minimum absolute atomic E-state index is 0.164. The molecule has 1 aliphatic heterocycles. The van der Waals surface area contributed by atoms with Gasteiger partial charge < -0.3 is 14.6 Å². The molecule has 1 N–H and O–H groups in total. The third-order valence-corrected chi connectivity index (χ3v) is 7.25. The van der Waals surface area contributed by atoms with Crippen molar-refractivity contribution in [2.45, 2.75) is 31.9 Å². The quantitative estimate of drug-likeness (QED) is 0.643. The van der Waals surface area contributed by atoms with Gasteiger partial charge in [0.05, 0.1) is 16.2 Å². The summed E-state index contributed by atoms with van der Waals surface area (Å²) < 4.78 is 25.7. The van der Waals surface area contributed by atoms with Crippen molar-refractivity contribution in [2.75, 3.05) is 31.9 Å². The number of imidazole rings is 1. The monoisotopic (exact) mass is 377 g/mol. The van der Waals surface area contributed by atoms with Crippen molar-refractivity contribution in [3.63, 3.8) is 0 Å². The smallest absolute Gasteiger partial charge is 0.194 e. The lowest BCUT2D eigenvalue weighted by Gasteiger charge is -2.39. The lowest BCUT2D eigenvalue weighted by molar-refractivity contribution is 0.353. The Morgan fingerprint density at radius 3 is 2.88 bits per heavy atom. The standard InChI is InChI=1S/C18H27N5O2S/c1-4-19-17(23-11-12-26(24,25)18(2,3)14-23)20-9-8-15-13-22-10-6-5-7-16(22)21-15/h5-7,10,13H,4,8-9,11-12,14H2,1-3H3,(H,19,20). The Hall–Kier alpha value is -2.09. The van der Waals surface area contributed by atoms with E-state index in [-0.39, 0.29) is 5.75 Å². The first kappa shape index (κ1) is 18.7. The highest BCUT2D eigenvalue weighted by Gasteiger charge is 2.40. The van der Waals surface area contributed by atoms with Crippen molar-refractivity contribution in [2.24, 2.45) is 4.99 Å². The minimum atomic E-state index is -3.06. The van der Waals surface area contributed by atoms with Gasteiger partial charge in [0.15, 0.2) is 15.8 Å². The van der Waals surface area contributed by atoms with Gasteiger partial charge >= 0.3 is 0 Å². The normalized spacial score (nSPS) is 19.7. The number of nitrogens with zero attached hydrogens (tertiary/aromatic N) is 4. The molecule has 0 spiro atoms. The average Bonchev–Trinajstić information content (AvgIpc) is 2.99. The molecule has 7 nitrogen and oxygen atoms in total. The molecule has 3 rings (SSSR count). The van der Waals surface area contributed by atoms with Crippen LogP contribution in [0.15, 0.2) is 35.6 Å². The van der Waals surface area contributed by atoms with Crippen molar-refractivity contribution >= 4 is 21.4 Å². The second-order valence-corrected chi connectivity index (χ2v) is 9.93. The first-order valence-corrected chi connectivity index (χ1v) is 10.7. The molecule has 1 aliphatic rings. The Morgan fingerprint density at radius 2 is 2.19 bits per heavy atom. The molecule has 1 saturated heterocycles. The predicted octanol–water partition coefficient (Wildman–Crippen LogP) is 1.35. The molecule has 0 radical (unpaired) electrons. The molecule has 0 amide bonds. The highest BCUT2D eigenvalue weighted by molar-refractivity contribution is 7.92. The zero-order valence-electron chi connectivity index (χ0n) is 15.6. The Morgan fingerprint density at radius 1 is 1.38 bits per heavy atom. The first-order chi connectivity index (χ1) is 12.3. The van der Waals surface area contributed by atoms with Crippen molar-refractivity contribution < 1.29 is 8.42 Å². The number of hydrogen-bond acceptors (Lipinski definition) is 4. The van der Waals surface area contributed by atoms with Crippen molar-refractivity contribution in [3.8, 4) is 0 Å². The van der Waals surface area contributed by atoms with Crippen LogP contribution in [0.3, 0.4) is 0 Å². The lowest BCUT2D eigenvalue weighted by atomic mass is 10.2. The zero-order chi connectivity index (χ0) is 18.8. The molecular formula is C18H27N5O2S. The largest absolute Gasteiger partial charge is 0.357 e. The number of rotatable bonds is 4. The van der Waals surface area contributed by atoms with Gasteiger partial charge in [0.25, 0.3) is 0 Å². The highest BCUT2D eigenvalue weighted by atomic mass is 32.2. The van der Waals surface area contributed by atoms with Crippen LogP contribution < -0.4 is 5.32 Å². The van der Waals surface area contributed by atoms with Crippen LogP contribution in [0, 0.1) is 0 Å². The second-order valence-electron chi connectivity index (χ2n) is 7.18. The maximum atomic E-state index is 12.2. The second kappa shape index (κ2) is 7.26. The van der Waals surface area contributed by atoms with E-state index in [1.807, 2.05) is 46.8 Å². The molecule has 1 fully saturated rings. The number of sulfone groups is 1. The number of nitrogens with one attached hydrogen (secondary N) is 1. The van der Waals surface area contributed by atoms with Gasteiger partial charge in [-0.25, -0.2) is 13.4 Å². The van der Waals surface area contributed by atoms with Gasteiger partial charge in [-0.05, 0) is 32.9 Å². The fourth-order valence-corrected chi connectivity index (χ4v) is 4.50. The molecule has 3 heterocycles. The number of aliphatic imine (C=N–C) groups is 1. The van der Waals surface area contributed by atoms with Gasteiger partial charge in [-0.2, -0.15) is 0 Å². The number of aromatic nitrogens is 2. The Balaban J connectivity index is 1.69. The molecule has 0 bridgehead atoms. The van der Waals surface area contributed by atoms with E-state index in [2.05, 4.69) is 10.3 Å². The van der Waals surface area contributed by atoms with Crippen LogP contribution >= 0.6 is 0 Å². The summed E-state index contributed by atoms with van der Waals surface area (Å²) in [5.74, 6) is 0.941. The minimum Gasteiger partial charge on any atom is -0.357 e. The van der Waals surface area contributed by atoms with E-state index >= 15 is 0 Å². The summed E-state index contributed by atoms with van der Waals surface area (Å²) in [7, 11) is -3.06. The molecule has 142 valence electrons. The number of fused-ring (bicyclic) bond motifs is 1. The summed E-state index contributed by atoms with van der Waals surface area (Å²) in [5.41, 5.74) is 1.93. The molecule has 0 saturated carbocycles. The Kier molecular flexibility index (Phi) is 5.22. The molecular weight excluding hydrogens is 350 g/mol. The zero-order valence-corrected chi connectivity index (χ0v) is 16.5. The van der Waals surface area contributed by atoms with E-state index < -0.39 is 14.6 Å². The number of guanidine groups is 1. The Labute approximate surface area is 155 Å². The summed E-state index contributed by atoms with van der Waals surface area (Å²) in [5, 5.41) is 3.29.